The van der Waals surface area contributed by atoms with Gasteiger partial charge in [0.15, 0.2) is 13.2 Å². The minimum atomic E-state index is 0.159. The molecule has 0 aliphatic carbocycles. The maximum Gasteiger partial charge on any atom is 0.264 e. The molecule has 0 radical (unpaired) electrons. The van der Waals surface area contributed by atoms with Crippen molar-refractivity contribution in [2.24, 2.45) is 0 Å². The smallest absolute Gasteiger partial charge is 0.264 e. The normalized spacial score (nSPS) is 10.3. The van der Waals surface area contributed by atoms with Crippen LogP contribution >= 0.6 is 0 Å². The van der Waals surface area contributed by atoms with E-state index in [1.807, 2.05) is 36.4 Å². The van der Waals surface area contributed by atoms with Crippen molar-refractivity contribution >= 4 is 0 Å². The topological polar surface area (TPSA) is 79.5 Å². The van der Waals surface area contributed by atoms with Crippen molar-refractivity contribution in [3.63, 3.8) is 0 Å². The molecule has 0 fully saturated rings. The van der Waals surface area contributed by atoms with E-state index in [9.17, 15) is 0 Å². The first-order valence-corrected chi connectivity index (χ1v) is 6.95. The quantitative estimate of drug-likeness (QED) is 0.663. The number of hydrogen-bond acceptors (Lipinski definition) is 7. The van der Waals surface area contributed by atoms with Crippen molar-refractivity contribution in [2.75, 3.05) is 7.11 Å². The number of benzene rings is 1. The predicted octanol–water partition coefficient (Wildman–Crippen LogP) is 2.63. The van der Waals surface area contributed by atoms with Gasteiger partial charge in [0.25, 0.3) is 5.89 Å². The lowest BCUT2D eigenvalue weighted by Crippen LogP contribution is -2.00. The first-order chi connectivity index (χ1) is 11.3. The zero-order valence-electron chi connectivity index (χ0n) is 12.5. The second kappa shape index (κ2) is 7.26. The average molecular weight is 313 g/mol. The Morgan fingerprint density at radius 3 is 2.52 bits per heavy atom. The summed E-state index contributed by atoms with van der Waals surface area (Å²) >= 11 is 0. The molecule has 0 aliphatic rings. The highest BCUT2D eigenvalue weighted by atomic mass is 16.5. The number of pyridine rings is 1. The maximum atomic E-state index is 5.57. The molecule has 2 heterocycles. The van der Waals surface area contributed by atoms with Crippen LogP contribution in [0.2, 0.25) is 0 Å². The third kappa shape index (κ3) is 4.19. The fourth-order valence-electron chi connectivity index (χ4n) is 1.80. The molecule has 0 bridgehead atoms. The number of aromatic nitrogens is 3. The average Bonchev–Trinajstić information content (AvgIpc) is 3.07. The van der Waals surface area contributed by atoms with Crippen LogP contribution in [0.3, 0.4) is 0 Å². The molecule has 3 aromatic rings. The van der Waals surface area contributed by atoms with E-state index >= 15 is 0 Å². The number of ether oxygens (including phenoxy) is 3. The molecule has 1 aromatic carbocycles. The Labute approximate surface area is 132 Å². The predicted molar refractivity (Wildman–Crippen MR) is 80.2 cm³/mol. The monoisotopic (exact) mass is 313 g/mol. The van der Waals surface area contributed by atoms with Gasteiger partial charge in [0.05, 0.1) is 7.11 Å². The first-order valence-electron chi connectivity index (χ1n) is 6.95. The summed E-state index contributed by atoms with van der Waals surface area (Å²) in [7, 11) is 1.61. The van der Waals surface area contributed by atoms with E-state index in [1.165, 1.54) is 0 Å². The van der Waals surface area contributed by atoms with Crippen molar-refractivity contribution < 1.29 is 18.7 Å². The second-order valence-corrected chi connectivity index (χ2v) is 4.53. The lowest BCUT2D eigenvalue weighted by Gasteiger charge is -2.04. The molecule has 0 spiro atoms. The van der Waals surface area contributed by atoms with Gasteiger partial charge in [-0.2, -0.15) is 4.98 Å². The fraction of sp³-hybridized carbons (Fsp3) is 0.188. The number of hydrogen-bond donors (Lipinski definition) is 0. The number of nitrogens with zero attached hydrogens (tertiary/aromatic N) is 3. The van der Waals surface area contributed by atoms with E-state index in [0.717, 1.165) is 5.75 Å². The van der Waals surface area contributed by atoms with Crippen molar-refractivity contribution in [2.45, 2.75) is 13.2 Å². The standard InChI is InChI=1S/C16H15N3O4/c1-20-12-5-7-13(8-6-12)21-10-14-18-16(23-19-14)11-22-15-4-2-3-9-17-15/h2-9H,10-11H2,1H3. The summed E-state index contributed by atoms with van der Waals surface area (Å²) in [5.41, 5.74) is 0. The Kier molecular flexibility index (Phi) is 4.68. The van der Waals surface area contributed by atoms with Crippen LogP contribution in [0, 0.1) is 0 Å². The van der Waals surface area contributed by atoms with Crippen LogP contribution in [0.5, 0.6) is 17.4 Å². The Bertz CT molecular complexity index is 729. The SMILES string of the molecule is COc1ccc(OCc2noc(COc3ccccn3)n2)cc1. The fourth-order valence-corrected chi connectivity index (χ4v) is 1.80. The minimum Gasteiger partial charge on any atom is -0.497 e. The highest BCUT2D eigenvalue weighted by Crippen LogP contribution is 2.17. The molecule has 118 valence electrons. The van der Waals surface area contributed by atoms with Gasteiger partial charge < -0.3 is 18.7 Å². The van der Waals surface area contributed by atoms with Gasteiger partial charge in [-0.25, -0.2) is 4.98 Å². The molecule has 0 atom stereocenters. The second-order valence-electron chi connectivity index (χ2n) is 4.53. The molecule has 0 saturated heterocycles. The van der Waals surface area contributed by atoms with Crippen LogP contribution < -0.4 is 14.2 Å². The summed E-state index contributed by atoms with van der Waals surface area (Å²) in [4.78, 5) is 8.24. The Morgan fingerprint density at radius 1 is 0.957 bits per heavy atom. The molecule has 7 nitrogen and oxygen atoms in total. The lowest BCUT2D eigenvalue weighted by atomic mass is 10.3. The molecule has 3 rings (SSSR count). The summed E-state index contributed by atoms with van der Waals surface area (Å²) in [5, 5.41) is 3.84. The van der Waals surface area contributed by atoms with E-state index in [2.05, 4.69) is 15.1 Å². The Hall–Kier alpha value is -3.09. The van der Waals surface area contributed by atoms with Gasteiger partial charge in [0, 0.05) is 12.3 Å². The van der Waals surface area contributed by atoms with E-state index in [1.54, 1.807) is 19.4 Å². The summed E-state index contributed by atoms with van der Waals surface area (Å²) in [6.45, 7) is 0.367. The van der Waals surface area contributed by atoms with Gasteiger partial charge in [-0.05, 0) is 30.3 Å². The van der Waals surface area contributed by atoms with Crippen LogP contribution in [-0.4, -0.2) is 22.2 Å². The molecule has 7 heteroatoms. The van der Waals surface area contributed by atoms with Gasteiger partial charge in [-0.1, -0.05) is 11.2 Å². The van der Waals surface area contributed by atoms with Gasteiger partial charge in [-0.3, -0.25) is 0 Å². The molecule has 0 aliphatic heterocycles. The lowest BCUT2D eigenvalue weighted by molar-refractivity contribution is 0.233. The summed E-state index contributed by atoms with van der Waals surface area (Å²) in [6.07, 6.45) is 1.65. The molecule has 2 aromatic heterocycles. The summed E-state index contributed by atoms with van der Waals surface area (Å²) in [5.74, 6) is 2.78. The highest BCUT2D eigenvalue weighted by Gasteiger charge is 2.08. The van der Waals surface area contributed by atoms with Crippen molar-refractivity contribution in [1.29, 1.82) is 0 Å². The third-order valence-electron chi connectivity index (χ3n) is 2.92. The van der Waals surface area contributed by atoms with Crippen molar-refractivity contribution in [3.8, 4) is 17.4 Å². The Morgan fingerprint density at radius 2 is 1.78 bits per heavy atom. The van der Waals surface area contributed by atoms with Gasteiger partial charge in [0.1, 0.15) is 11.5 Å². The zero-order valence-corrected chi connectivity index (χ0v) is 12.5. The van der Waals surface area contributed by atoms with Crippen molar-refractivity contribution in [1.82, 2.24) is 15.1 Å². The van der Waals surface area contributed by atoms with Gasteiger partial charge in [-0.15, -0.1) is 0 Å². The maximum absolute atomic E-state index is 5.57. The first kappa shape index (κ1) is 14.8. The molecule has 0 amide bonds. The summed E-state index contributed by atoms with van der Waals surface area (Å²) in [6, 6.07) is 12.7. The van der Waals surface area contributed by atoms with E-state index in [-0.39, 0.29) is 13.2 Å². The Balaban J connectivity index is 1.50. The third-order valence-corrected chi connectivity index (χ3v) is 2.92. The molecular formula is C16H15N3O4. The van der Waals surface area contributed by atoms with Gasteiger partial charge >= 0.3 is 0 Å². The summed E-state index contributed by atoms with van der Waals surface area (Å²) < 4.78 is 21.2. The molecule has 0 N–H and O–H groups in total. The van der Waals surface area contributed by atoms with Crippen molar-refractivity contribution in [3.05, 3.63) is 60.4 Å². The number of rotatable bonds is 7. The van der Waals surface area contributed by atoms with Crippen LogP contribution in [0.4, 0.5) is 0 Å². The van der Waals surface area contributed by atoms with E-state index in [4.69, 9.17) is 18.7 Å². The van der Waals surface area contributed by atoms with E-state index < -0.39 is 0 Å². The van der Waals surface area contributed by atoms with Crippen LogP contribution in [0.25, 0.3) is 0 Å². The minimum absolute atomic E-state index is 0.159. The molecular weight excluding hydrogens is 298 g/mol. The zero-order chi connectivity index (χ0) is 15.9. The highest BCUT2D eigenvalue weighted by molar-refractivity contribution is 5.31. The van der Waals surface area contributed by atoms with Crippen LogP contribution in [0.15, 0.2) is 53.2 Å². The van der Waals surface area contributed by atoms with Crippen LogP contribution in [-0.2, 0) is 13.2 Å². The number of methoxy groups -OCH3 is 1. The molecule has 0 saturated carbocycles. The molecule has 0 unspecified atom stereocenters. The largest absolute Gasteiger partial charge is 0.497 e. The van der Waals surface area contributed by atoms with Gasteiger partial charge in [0.2, 0.25) is 11.7 Å². The molecule has 23 heavy (non-hydrogen) atoms. The van der Waals surface area contributed by atoms with Crippen LogP contribution in [0.1, 0.15) is 11.7 Å². The van der Waals surface area contributed by atoms with E-state index in [0.29, 0.717) is 23.3 Å².